The van der Waals surface area contributed by atoms with E-state index < -0.39 is 60.7 Å². The molecule has 0 atom stereocenters. The fourth-order valence-electron chi connectivity index (χ4n) is 5.04. The van der Waals surface area contributed by atoms with Crippen LogP contribution in [0.3, 0.4) is 0 Å². The highest BCUT2D eigenvalue weighted by molar-refractivity contribution is 7.93. The van der Waals surface area contributed by atoms with Gasteiger partial charge in [0.1, 0.15) is 16.4 Å². The number of rotatable bonds is 13. The molecule has 286 valence electrons. The number of pyridine rings is 1. The topological polar surface area (TPSA) is 164 Å². The van der Waals surface area contributed by atoms with Crippen molar-refractivity contribution in [2.45, 2.75) is 22.6 Å². The maximum Gasteiger partial charge on any atom is 0.265 e. The van der Waals surface area contributed by atoms with Crippen molar-refractivity contribution < 1.29 is 48.6 Å². The fourth-order valence-corrected chi connectivity index (χ4v) is 7.81. The van der Waals surface area contributed by atoms with Crippen LogP contribution in [-0.2, 0) is 24.8 Å². The van der Waals surface area contributed by atoms with E-state index in [1.165, 1.54) is 37.7 Å². The number of nitrogens with zero attached hydrogens (tertiary/aromatic N) is 1. The predicted octanol–water partition coefficient (Wildman–Crippen LogP) is 8.01. The van der Waals surface area contributed by atoms with Crippen molar-refractivity contribution >= 4 is 76.6 Å². The Hall–Kier alpha value is -4.75. The molecular weight excluding hydrogens is 801 g/mol. The molecule has 0 radical (unpaired) electrons. The molecule has 1 aliphatic carbocycles. The molecule has 0 spiro atoms. The Balaban J connectivity index is 0.000000184. The Morgan fingerprint density at radius 1 is 0.741 bits per heavy atom. The summed E-state index contributed by atoms with van der Waals surface area (Å²) in [6.07, 6.45) is 4.51. The third-order valence-corrected chi connectivity index (χ3v) is 11.2. The number of sulfonamides is 2. The Labute approximate surface area is 315 Å². The van der Waals surface area contributed by atoms with E-state index in [4.69, 9.17) is 37.4 Å². The van der Waals surface area contributed by atoms with Crippen LogP contribution in [0.25, 0.3) is 21.8 Å². The number of hydrogen-bond acceptors (Lipinski definition) is 8. The molecule has 6 aromatic rings. The van der Waals surface area contributed by atoms with Crippen LogP contribution < -0.4 is 18.9 Å². The first-order valence-corrected chi connectivity index (χ1v) is 19.6. The molecule has 4 N–H and O–H groups in total. The molecule has 1 saturated carbocycles. The van der Waals surface area contributed by atoms with E-state index in [1.54, 1.807) is 18.2 Å². The van der Waals surface area contributed by atoms with Gasteiger partial charge >= 0.3 is 0 Å². The standard InChI is InChI=1S/C18H15ClF2N2O3S.C16H14ClF2N3O4S/c19-11-3-4-12-15(5-11)22-8-18(12)27(24,25)23-16-6-14(21)17(7-13(16)20)26-9-10-1-2-10;1-25-4-5-26-13-7-11(18)16(21-15(13)19)22-27(23,24)14-8-20-12-6-9(17)2-3-10(12)14/h3-8,10,22-23H,1-2,9H2;2-3,6-8,20H,4-5H2,1H3,(H,21,22). The van der Waals surface area contributed by atoms with Crippen LogP contribution in [-0.4, -0.2) is 58.7 Å². The van der Waals surface area contributed by atoms with Crippen molar-refractivity contribution in [3.8, 4) is 11.5 Å². The maximum atomic E-state index is 14.3. The fraction of sp³-hybridized carbons (Fsp3) is 0.206. The van der Waals surface area contributed by atoms with Crippen LogP contribution >= 0.6 is 23.2 Å². The molecular formula is C34H29Cl2F4N5O7S2. The average Bonchev–Trinajstić information content (AvgIpc) is 3.68. The lowest BCUT2D eigenvalue weighted by molar-refractivity contribution is 0.143. The Morgan fingerprint density at radius 3 is 1.89 bits per heavy atom. The van der Waals surface area contributed by atoms with Gasteiger partial charge in [-0.1, -0.05) is 23.2 Å². The summed E-state index contributed by atoms with van der Waals surface area (Å²) in [4.78, 5) is 8.62. The molecule has 0 unspecified atom stereocenters. The lowest BCUT2D eigenvalue weighted by atomic mass is 10.2. The number of H-pyrrole nitrogens is 2. The monoisotopic (exact) mass is 829 g/mol. The molecule has 0 aliphatic heterocycles. The number of fused-ring (bicyclic) bond motifs is 2. The van der Waals surface area contributed by atoms with E-state index in [-0.39, 0.29) is 28.8 Å². The largest absolute Gasteiger partial charge is 0.490 e. The number of anilines is 2. The first-order chi connectivity index (χ1) is 25.6. The number of nitrogens with one attached hydrogen (secondary N) is 4. The summed E-state index contributed by atoms with van der Waals surface area (Å²) in [5.74, 6) is -5.09. The number of benzene rings is 3. The third-order valence-electron chi connectivity index (χ3n) is 7.90. The van der Waals surface area contributed by atoms with Crippen LogP contribution in [0.1, 0.15) is 12.8 Å². The molecule has 1 fully saturated rings. The highest BCUT2D eigenvalue weighted by Crippen LogP contribution is 2.33. The van der Waals surface area contributed by atoms with Gasteiger partial charge in [-0.25, -0.2) is 30.0 Å². The summed E-state index contributed by atoms with van der Waals surface area (Å²) in [5.41, 5.74) is 0.498. The van der Waals surface area contributed by atoms with Gasteiger partial charge in [0.25, 0.3) is 26.0 Å². The molecule has 3 heterocycles. The smallest absolute Gasteiger partial charge is 0.265 e. The van der Waals surface area contributed by atoms with Gasteiger partial charge in [-0.05, 0) is 55.2 Å². The van der Waals surface area contributed by atoms with E-state index in [2.05, 4.69) is 19.7 Å². The van der Waals surface area contributed by atoms with Crippen LogP contribution in [0, 0.1) is 29.3 Å². The summed E-state index contributed by atoms with van der Waals surface area (Å²) < 4.78 is 126. The molecule has 0 saturated heterocycles. The van der Waals surface area contributed by atoms with Crippen LogP contribution in [0.4, 0.5) is 29.1 Å². The van der Waals surface area contributed by atoms with Crippen LogP contribution in [0.2, 0.25) is 10.0 Å². The molecule has 0 amide bonds. The van der Waals surface area contributed by atoms with Gasteiger partial charge in [0, 0.05) is 69.6 Å². The minimum Gasteiger partial charge on any atom is -0.490 e. The normalized spacial score (nSPS) is 13.1. The zero-order valence-electron chi connectivity index (χ0n) is 27.9. The Morgan fingerprint density at radius 2 is 1.31 bits per heavy atom. The van der Waals surface area contributed by atoms with Crippen molar-refractivity contribution in [3.05, 3.63) is 100 Å². The van der Waals surface area contributed by atoms with E-state index in [1.807, 2.05) is 4.72 Å². The Kier molecular flexibility index (Phi) is 11.5. The molecule has 7 rings (SSSR count). The summed E-state index contributed by atoms with van der Waals surface area (Å²) in [5, 5.41) is 1.58. The number of ether oxygens (including phenoxy) is 3. The number of aromatic nitrogens is 3. The SMILES string of the molecule is COCCOc1cc(F)c(NS(=O)(=O)c2c[nH]c3cc(Cl)ccc23)nc1F.O=S(=O)(Nc1cc(F)c(OCC2CC2)cc1F)c1c[nH]c2cc(Cl)ccc12. The van der Waals surface area contributed by atoms with Gasteiger partial charge in [-0.2, -0.15) is 9.37 Å². The average molecular weight is 831 g/mol. The summed E-state index contributed by atoms with van der Waals surface area (Å²) in [6, 6.07) is 11.6. The lowest BCUT2D eigenvalue weighted by Gasteiger charge is -2.11. The zero-order chi connectivity index (χ0) is 38.8. The van der Waals surface area contributed by atoms with E-state index >= 15 is 0 Å². The van der Waals surface area contributed by atoms with Crippen molar-refractivity contribution in [1.82, 2.24) is 15.0 Å². The summed E-state index contributed by atoms with van der Waals surface area (Å²) in [7, 11) is -6.96. The van der Waals surface area contributed by atoms with Gasteiger partial charge in [-0.15, -0.1) is 0 Å². The molecule has 3 aromatic heterocycles. The third kappa shape index (κ3) is 8.95. The second-order valence-electron chi connectivity index (χ2n) is 11.9. The summed E-state index contributed by atoms with van der Waals surface area (Å²) in [6.45, 7) is 0.469. The maximum absolute atomic E-state index is 14.3. The highest BCUT2D eigenvalue weighted by Gasteiger charge is 2.26. The van der Waals surface area contributed by atoms with Gasteiger partial charge in [0.2, 0.25) is 0 Å². The first kappa shape index (κ1) is 39.0. The first-order valence-electron chi connectivity index (χ1n) is 15.8. The van der Waals surface area contributed by atoms with Crippen LogP contribution in [0.15, 0.2) is 76.8 Å². The molecule has 12 nitrogen and oxygen atoms in total. The molecule has 20 heteroatoms. The lowest BCUT2D eigenvalue weighted by Crippen LogP contribution is -2.16. The molecule has 54 heavy (non-hydrogen) atoms. The van der Waals surface area contributed by atoms with Crippen molar-refractivity contribution in [2.24, 2.45) is 5.92 Å². The Bertz CT molecular complexity index is 2570. The minimum absolute atomic E-state index is 0.0164. The van der Waals surface area contributed by atoms with Gasteiger partial charge in [0.05, 0.1) is 18.9 Å². The number of methoxy groups -OCH3 is 1. The highest BCUT2D eigenvalue weighted by atomic mass is 35.5. The van der Waals surface area contributed by atoms with Crippen LogP contribution in [0.5, 0.6) is 11.5 Å². The second kappa shape index (κ2) is 15.9. The van der Waals surface area contributed by atoms with Gasteiger partial charge in [0.15, 0.2) is 34.8 Å². The summed E-state index contributed by atoms with van der Waals surface area (Å²) >= 11 is 11.8. The zero-order valence-corrected chi connectivity index (χ0v) is 31.0. The second-order valence-corrected chi connectivity index (χ2v) is 16.0. The van der Waals surface area contributed by atoms with Crippen molar-refractivity contribution in [1.29, 1.82) is 0 Å². The van der Waals surface area contributed by atoms with Gasteiger partial charge in [-0.3, -0.25) is 9.44 Å². The number of hydrogen-bond donors (Lipinski definition) is 4. The van der Waals surface area contributed by atoms with Crippen molar-refractivity contribution in [3.63, 3.8) is 0 Å². The number of aromatic amines is 2. The molecule has 0 bridgehead atoms. The van der Waals surface area contributed by atoms with E-state index in [0.29, 0.717) is 50.4 Å². The number of halogens is 6. The predicted molar refractivity (Wildman–Crippen MR) is 194 cm³/mol. The molecule has 1 aliphatic rings. The van der Waals surface area contributed by atoms with E-state index in [0.717, 1.165) is 25.0 Å². The molecule has 3 aromatic carbocycles. The minimum atomic E-state index is -4.24. The quantitative estimate of drug-likeness (QED) is 0.0517. The van der Waals surface area contributed by atoms with E-state index in [9.17, 15) is 34.4 Å². The van der Waals surface area contributed by atoms with Crippen molar-refractivity contribution in [2.75, 3.05) is 36.4 Å². The van der Waals surface area contributed by atoms with Gasteiger partial charge < -0.3 is 24.2 Å².